The largest absolute Gasteiger partial charge is 0.494 e. The van der Waals surface area contributed by atoms with Crippen molar-refractivity contribution in [2.45, 2.75) is 25.3 Å². The topological polar surface area (TPSA) is 142 Å². The van der Waals surface area contributed by atoms with Crippen LogP contribution in [0.3, 0.4) is 0 Å². The highest BCUT2D eigenvalue weighted by Crippen LogP contribution is 2.42. The number of nitrogens with one attached hydrogen (secondary N) is 3. The summed E-state index contributed by atoms with van der Waals surface area (Å²) in [5.41, 5.74) is 5.66. The van der Waals surface area contributed by atoms with Crippen molar-refractivity contribution >= 4 is 60.5 Å². The van der Waals surface area contributed by atoms with Crippen LogP contribution in [-0.2, 0) is 23.5 Å². The van der Waals surface area contributed by atoms with Gasteiger partial charge in [-0.3, -0.25) is 14.3 Å². The zero-order valence-electron chi connectivity index (χ0n) is 28.7. The number of piperazine rings is 1. The highest BCUT2D eigenvalue weighted by molar-refractivity contribution is 9.10. The first-order chi connectivity index (χ1) is 24.0. The summed E-state index contributed by atoms with van der Waals surface area (Å²) in [6.07, 6.45) is 9.59. The second kappa shape index (κ2) is 14.2. The maximum Gasteiger partial charge on any atom is 0.229 e. The summed E-state index contributed by atoms with van der Waals surface area (Å²) in [5.74, 6) is 2.11. The molecule has 0 bridgehead atoms. The van der Waals surface area contributed by atoms with E-state index in [-0.39, 0.29) is 0 Å². The lowest BCUT2D eigenvalue weighted by atomic mass is 9.98. The van der Waals surface area contributed by atoms with Gasteiger partial charge in [0.25, 0.3) is 0 Å². The standard InChI is InChI=1S/C34H43BrN10O4S/c1-42-10-12-44(13-11-42)24-5-8-45(9-6-24)30-18-32(48-3)29(16-25(30)23-19-37-43(2)21-23)39-34-36-20-26(35)33(40-34)38-27-17-31-22(7-14-49-31)15-28(27)41-50(4,46)47/h15-21,24,41H,5-14H2,1-4H3,(H2,36,38,39,40). The number of nitrogens with zero attached hydrogens (tertiary/aromatic N) is 7. The molecular weight excluding hydrogens is 724 g/mol. The second-order valence-corrected chi connectivity index (χ2v) is 15.8. The third kappa shape index (κ3) is 7.62. The number of rotatable bonds is 10. The highest BCUT2D eigenvalue weighted by atomic mass is 79.9. The number of fused-ring (bicyclic) bond motifs is 1. The van der Waals surface area contributed by atoms with Crippen LogP contribution in [-0.4, -0.2) is 110 Å². The van der Waals surface area contributed by atoms with Crippen molar-refractivity contribution in [2.75, 3.05) is 86.5 Å². The molecule has 14 nitrogen and oxygen atoms in total. The van der Waals surface area contributed by atoms with Crippen LogP contribution in [0.1, 0.15) is 18.4 Å². The molecule has 50 heavy (non-hydrogen) atoms. The minimum atomic E-state index is -3.54. The molecule has 2 fully saturated rings. The van der Waals surface area contributed by atoms with Gasteiger partial charge < -0.3 is 29.9 Å². The fraction of sp³-hybridized carbons (Fsp3) is 0.441. The molecule has 0 unspecified atom stereocenters. The van der Waals surface area contributed by atoms with E-state index in [9.17, 15) is 8.42 Å². The van der Waals surface area contributed by atoms with Gasteiger partial charge in [0.2, 0.25) is 16.0 Å². The summed E-state index contributed by atoms with van der Waals surface area (Å²) in [6, 6.07) is 8.34. The van der Waals surface area contributed by atoms with Gasteiger partial charge in [0.15, 0.2) is 0 Å². The number of hydrogen-bond donors (Lipinski definition) is 3. The molecular formula is C34H43BrN10O4S. The van der Waals surface area contributed by atoms with Crippen molar-refractivity contribution in [3.8, 4) is 22.6 Å². The van der Waals surface area contributed by atoms with Crippen molar-refractivity contribution in [3.05, 3.63) is 52.9 Å². The minimum absolute atomic E-state index is 0.321. The van der Waals surface area contributed by atoms with Gasteiger partial charge >= 0.3 is 0 Å². The number of likely N-dealkylation sites (N-methyl/N-ethyl adjacent to an activating group) is 1. The Morgan fingerprint density at radius 3 is 2.44 bits per heavy atom. The molecule has 2 aromatic carbocycles. The van der Waals surface area contributed by atoms with E-state index >= 15 is 0 Å². The van der Waals surface area contributed by atoms with E-state index < -0.39 is 10.0 Å². The van der Waals surface area contributed by atoms with Gasteiger partial charge in [0, 0.05) is 100 Å². The monoisotopic (exact) mass is 766 g/mol. The van der Waals surface area contributed by atoms with Gasteiger partial charge in [-0.1, -0.05) is 0 Å². The number of piperidine rings is 1. The Bertz CT molecular complexity index is 1970. The van der Waals surface area contributed by atoms with Crippen molar-refractivity contribution in [2.24, 2.45) is 7.05 Å². The number of methoxy groups -OCH3 is 1. The summed E-state index contributed by atoms with van der Waals surface area (Å²) in [7, 11) is 2.24. The number of halogens is 1. The smallest absolute Gasteiger partial charge is 0.229 e. The quantitative estimate of drug-likeness (QED) is 0.207. The number of aryl methyl sites for hydroxylation is 1. The van der Waals surface area contributed by atoms with E-state index in [1.54, 1.807) is 25.4 Å². The SMILES string of the molecule is COc1cc(N2CCC(N3CCN(C)CC3)CC2)c(-c2cnn(C)c2)cc1Nc1ncc(Br)c(Nc2cc3c(cc2NS(C)(=O)=O)CCO3)n1. The lowest BCUT2D eigenvalue weighted by Crippen LogP contribution is -2.52. The summed E-state index contributed by atoms with van der Waals surface area (Å²) in [6.45, 7) is 6.96. The zero-order valence-corrected chi connectivity index (χ0v) is 31.1. The number of sulfonamides is 1. The van der Waals surface area contributed by atoms with Gasteiger partial charge in [0.1, 0.15) is 17.3 Å². The lowest BCUT2D eigenvalue weighted by molar-refractivity contribution is 0.0982. The molecule has 0 saturated carbocycles. The third-order valence-corrected chi connectivity index (χ3v) is 10.7. The number of anilines is 6. The molecule has 5 heterocycles. The molecule has 0 atom stereocenters. The number of hydrogen-bond acceptors (Lipinski definition) is 12. The molecule has 0 aliphatic carbocycles. The Balaban J connectivity index is 1.17. The van der Waals surface area contributed by atoms with E-state index in [2.05, 4.69) is 75.2 Å². The Morgan fingerprint density at radius 1 is 0.960 bits per heavy atom. The van der Waals surface area contributed by atoms with Crippen LogP contribution >= 0.6 is 15.9 Å². The van der Waals surface area contributed by atoms with Gasteiger partial charge in [-0.05, 0) is 53.5 Å². The molecule has 0 radical (unpaired) electrons. The molecule has 266 valence electrons. The lowest BCUT2D eigenvalue weighted by Gasteiger charge is -2.43. The van der Waals surface area contributed by atoms with E-state index in [1.165, 1.54) is 0 Å². The van der Waals surface area contributed by atoms with E-state index in [0.29, 0.717) is 63.9 Å². The van der Waals surface area contributed by atoms with Crippen LogP contribution in [0.5, 0.6) is 11.5 Å². The molecule has 0 spiro atoms. The van der Waals surface area contributed by atoms with Gasteiger partial charge in [-0.15, -0.1) is 0 Å². The van der Waals surface area contributed by atoms with Crippen molar-refractivity contribution in [1.29, 1.82) is 0 Å². The first kappa shape index (κ1) is 34.3. The summed E-state index contributed by atoms with van der Waals surface area (Å²) >= 11 is 3.55. The average molecular weight is 768 g/mol. The third-order valence-electron chi connectivity index (χ3n) is 9.56. The predicted molar refractivity (Wildman–Crippen MR) is 200 cm³/mol. The first-order valence-corrected chi connectivity index (χ1v) is 19.4. The molecule has 3 N–H and O–H groups in total. The van der Waals surface area contributed by atoms with E-state index in [1.807, 2.05) is 24.1 Å². The average Bonchev–Trinajstić information content (AvgIpc) is 3.74. The van der Waals surface area contributed by atoms with Crippen molar-refractivity contribution in [3.63, 3.8) is 0 Å². The molecule has 2 aromatic heterocycles. The fourth-order valence-corrected chi connectivity index (χ4v) is 7.78. The van der Waals surface area contributed by atoms with Crippen LogP contribution < -0.4 is 29.7 Å². The van der Waals surface area contributed by atoms with Crippen LogP contribution in [0.25, 0.3) is 11.1 Å². The molecule has 3 aliphatic rings. The molecule has 2 saturated heterocycles. The molecule has 16 heteroatoms. The van der Waals surface area contributed by atoms with Crippen molar-refractivity contribution < 1.29 is 17.9 Å². The number of benzene rings is 2. The molecule has 0 amide bonds. The molecule has 3 aliphatic heterocycles. The normalized spacial score (nSPS) is 17.3. The Hall–Kier alpha value is -4.12. The van der Waals surface area contributed by atoms with Gasteiger partial charge in [-0.2, -0.15) is 10.1 Å². The maximum absolute atomic E-state index is 12.2. The van der Waals surface area contributed by atoms with E-state index in [4.69, 9.17) is 14.5 Å². The molecule has 7 rings (SSSR count). The van der Waals surface area contributed by atoms with E-state index in [0.717, 1.165) is 80.7 Å². The van der Waals surface area contributed by atoms with Crippen LogP contribution in [0.4, 0.5) is 34.5 Å². The fourth-order valence-electron chi connectivity index (χ4n) is 6.92. The number of aromatic nitrogens is 4. The number of ether oxygens (including phenoxy) is 2. The van der Waals surface area contributed by atoms with Crippen LogP contribution in [0, 0.1) is 0 Å². The Labute approximate surface area is 301 Å². The summed E-state index contributed by atoms with van der Waals surface area (Å²) in [4.78, 5) is 16.8. The maximum atomic E-state index is 12.2. The highest BCUT2D eigenvalue weighted by Gasteiger charge is 2.29. The van der Waals surface area contributed by atoms with Gasteiger partial charge in [-0.25, -0.2) is 13.4 Å². The second-order valence-electron chi connectivity index (χ2n) is 13.1. The van der Waals surface area contributed by atoms with Crippen LogP contribution in [0.2, 0.25) is 0 Å². The summed E-state index contributed by atoms with van der Waals surface area (Å²) in [5, 5.41) is 11.1. The minimum Gasteiger partial charge on any atom is -0.494 e. The van der Waals surface area contributed by atoms with Crippen LogP contribution in [0.15, 0.2) is 47.3 Å². The van der Waals surface area contributed by atoms with Crippen molar-refractivity contribution in [1.82, 2.24) is 29.5 Å². The van der Waals surface area contributed by atoms with Gasteiger partial charge in [0.05, 0.1) is 47.7 Å². The molecule has 4 aromatic rings. The zero-order chi connectivity index (χ0) is 35.0. The Kier molecular flexibility index (Phi) is 9.78. The predicted octanol–water partition coefficient (Wildman–Crippen LogP) is 4.66. The Morgan fingerprint density at radius 2 is 1.74 bits per heavy atom. The first-order valence-electron chi connectivity index (χ1n) is 16.8. The summed E-state index contributed by atoms with van der Waals surface area (Å²) < 4.78 is 41.1.